The first kappa shape index (κ1) is 20.5. The largest absolute Gasteiger partial charge is 0.482 e. The van der Waals surface area contributed by atoms with Crippen LogP contribution >= 0.6 is 11.3 Å². The number of hydrogen-bond acceptors (Lipinski definition) is 4. The Morgan fingerprint density at radius 2 is 2.00 bits per heavy atom. The van der Waals surface area contributed by atoms with Crippen LogP contribution in [-0.4, -0.2) is 48.3 Å². The quantitative estimate of drug-likeness (QED) is 0.767. The van der Waals surface area contributed by atoms with Gasteiger partial charge in [0.05, 0.1) is 9.58 Å². The van der Waals surface area contributed by atoms with Crippen molar-refractivity contribution in [2.24, 2.45) is 5.92 Å². The van der Waals surface area contributed by atoms with Gasteiger partial charge in [-0.05, 0) is 69.6 Å². The molecule has 2 aromatic rings. The van der Waals surface area contributed by atoms with Crippen molar-refractivity contribution in [3.8, 4) is 5.75 Å². The summed E-state index contributed by atoms with van der Waals surface area (Å²) < 4.78 is 43.5. The minimum atomic E-state index is -4.41. The van der Waals surface area contributed by atoms with E-state index in [0.717, 1.165) is 31.3 Å². The SMILES string of the molecule is Cc1ccc2cc(C(=O)N[C@H]3C4CCN(CC4)C3(C)C)sc2c1OCC(F)(F)F. The third kappa shape index (κ3) is 3.84. The molecule has 1 amide bonds. The number of thiophene rings is 1. The van der Waals surface area contributed by atoms with Gasteiger partial charge in [0.2, 0.25) is 0 Å². The molecule has 3 aliphatic heterocycles. The van der Waals surface area contributed by atoms with Crippen LogP contribution in [0.4, 0.5) is 13.2 Å². The molecule has 3 fully saturated rings. The molecule has 4 heterocycles. The number of fused-ring (bicyclic) bond motifs is 4. The van der Waals surface area contributed by atoms with Gasteiger partial charge in [-0.2, -0.15) is 13.2 Å². The molecular formula is C21H25F3N2O2S. The molecule has 158 valence electrons. The molecule has 3 aliphatic rings. The minimum Gasteiger partial charge on any atom is -0.482 e. The average Bonchev–Trinajstić information content (AvgIpc) is 3.08. The summed E-state index contributed by atoms with van der Waals surface area (Å²) in [7, 11) is 0. The number of nitrogens with one attached hydrogen (secondary N) is 1. The van der Waals surface area contributed by atoms with Crippen molar-refractivity contribution in [3.63, 3.8) is 0 Å². The maximum Gasteiger partial charge on any atom is 0.422 e. The maximum atomic E-state index is 13.0. The van der Waals surface area contributed by atoms with Crippen molar-refractivity contribution in [2.75, 3.05) is 19.7 Å². The number of halogens is 3. The summed E-state index contributed by atoms with van der Waals surface area (Å²) in [5, 5.41) is 3.94. The molecule has 29 heavy (non-hydrogen) atoms. The van der Waals surface area contributed by atoms with E-state index in [1.165, 1.54) is 11.3 Å². The molecule has 1 aromatic carbocycles. The molecule has 0 saturated carbocycles. The van der Waals surface area contributed by atoms with Gasteiger partial charge in [-0.3, -0.25) is 9.69 Å². The highest BCUT2D eigenvalue weighted by atomic mass is 32.1. The van der Waals surface area contributed by atoms with Crippen LogP contribution < -0.4 is 10.1 Å². The molecule has 0 spiro atoms. The van der Waals surface area contributed by atoms with E-state index in [1.807, 2.05) is 6.07 Å². The lowest BCUT2D eigenvalue weighted by Crippen LogP contribution is -2.69. The molecule has 8 heteroatoms. The minimum absolute atomic E-state index is 0.0606. The van der Waals surface area contributed by atoms with Crippen LogP contribution in [0.25, 0.3) is 10.1 Å². The zero-order valence-electron chi connectivity index (χ0n) is 16.7. The van der Waals surface area contributed by atoms with E-state index in [0.29, 0.717) is 21.1 Å². The van der Waals surface area contributed by atoms with Crippen molar-refractivity contribution in [3.05, 3.63) is 28.6 Å². The molecule has 3 saturated heterocycles. The highest BCUT2D eigenvalue weighted by Gasteiger charge is 2.48. The first-order valence-corrected chi connectivity index (χ1v) is 10.7. The number of carbonyl (C=O) groups is 1. The van der Waals surface area contributed by atoms with E-state index in [1.54, 1.807) is 19.1 Å². The van der Waals surface area contributed by atoms with E-state index in [2.05, 4.69) is 24.1 Å². The highest BCUT2D eigenvalue weighted by Crippen LogP contribution is 2.40. The van der Waals surface area contributed by atoms with Crippen LogP contribution in [0.15, 0.2) is 18.2 Å². The van der Waals surface area contributed by atoms with Gasteiger partial charge >= 0.3 is 6.18 Å². The monoisotopic (exact) mass is 426 g/mol. The number of piperidine rings is 3. The number of aryl methyl sites for hydroxylation is 1. The van der Waals surface area contributed by atoms with Crippen molar-refractivity contribution in [2.45, 2.75) is 51.4 Å². The molecule has 2 bridgehead atoms. The van der Waals surface area contributed by atoms with Crippen LogP contribution in [-0.2, 0) is 0 Å². The van der Waals surface area contributed by atoms with Crippen LogP contribution in [0.2, 0.25) is 0 Å². The molecule has 4 nitrogen and oxygen atoms in total. The Morgan fingerprint density at radius 3 is 2.62 bits per heavy atom. The number of nitrogens with zero attached hydrogens (tertiary/aromatic N) is 1. The standard InChI is InChI=1S/C21H25F3N2O2S/c1-12-4-5-14-10-15(29-17(14)16(12)28-11-21(22,23)24)19(27)25-18-13-6-8-26(9-7-13)20(18,2)3/h4-5,10,13,18H,6-9,11H2,1-3H3,(H,25,27)/t18-/m0/s1. The second-order valence-electron chi connectivity index (χ2n) is 8.57. The van der Waals surface area contributed by atoms with Crippen molar-refractivity contribution >= 4 is 27.3 Å². The lowest BCUT2D eigenvalue weighted by Gasteiger charge is -2.56. The van der Waals surface area contributed by atoms with Crippen LogP contribution in [0.3, 0.4) is 0 Å². The third-order valence-electron chi connectivity index (χ3n) is 6.32. The summed E-state index contributed by atoms with van der Waals surface area (Å²) in [6.07, 6.45) is -2.25. The summed E-state index contributed by atoms with van der Waals surface area (Å²) in [5.74, 6) is 0.491. The van der Waals surface area contributed by atoms with Crippen molar-refractivity contribution in [1.82, 2.24) is 10.2 Å². The Hall–Kier alpha value is -1.80. The highest BCUT2D eigenvalue weighted by molar-refractivity contribution is 7.21. The molecule has 1 atom stereocenters. The van der Waals surface area contributed by atoms with E-state index in [4.69, 9.17) is 4.74 Å². The summed E-state index contributed by atoms with van der Waals surface area (Å²) >= 11 is 1.19. The normalized spacial score (nSPS) is 25.9. The fourth-order valence-electron chi connectivity index (χ4n) is 4.71. The van der Waals surface area contributed by atoms with Gasteiger partial charge in [-0.1, -0.05) is 12.1 Å². The second-order valence-corrected chi connectivity index (χ2v) is 9.63. The summed E-state index contributed by atoms with van der Waals surface area (Å²) in [4.78, 5) is 15.9. The van der Waals surface area contributed by atoms with E-state index >= 15 is 0 Å². The number of benzene rings is 1. The molecule has 0 aliphatic carbocycles. The second kappa shape index (κ2) is 7.16. The van der Waals surface area contributed by atoms with Gasteiger partial charge in [0, 0.05) is 11.6 Å². The average molecular weight is 427 g/mol. The number of alkyl halides is 3. The van der Waals surface area contributed by atoms with Gasteiger partial charge < -0.3 is 10.1 Å². The topological polar surface area (TPSA) is 41.6 Å². The summed E-state index contributed by atoms with van der Waals surface area (Å²) in [6.45, 7) is 6.82. The Bertz CT molecular complexity index is 930. The Labute approximate surface area is 172 Å². The molecule has 1 N–H and O–H groups in total. The number of hydrogen-bond donors (Lipinski definition) is 1. The Kier molecular flexibility index (Phi) is 5.06. The van der Waals surface area contributed by atoms with Gasteiger partial charge in [0.15, 0.2) is 6.61 Å². The zero-order chi connectivity index (χ0) is 21.0. The first-order valence-electron chi connectivity index (χ1n) is 9.85. The molecule has 5 rings (SSSR count). The van der Waals surface area contributed by atoms with Crippen LogP contribution in [0, 0.1) is 12.8 Å². The smallest absolute Gasteiger partial charge is 0.422 e. The number of amides is 1. The van der Waals surface area contributed by atoms with Gasteiger partial charge in [0.1, 0.15) is 5.75 Å². The molecule has 0 unspecified atom stereocenters. The lowest BCUT2D eigenvalue weighted by molar-refractivity contribution is -0.153. The first-order chi connectivity index (χ1) is 13.6. The number of ether oxygens (including phenoxy) is 1. The fraction of sp³-hybridized carbons (Fsp3) is 0.571. The number of rotatable bonds is 4. The van der Waals surface area contributed by atoms with Gasteiger partial charge in [-0.15, -0.1) is 11.3 Å². The lowest BCUT2D eigenvalue weighted by atomic mass is 9.72. The fourth-order valence-corrected chi connectivity index (χ4v) is 5.83. The van der Waals surface area contributed by atoms with E-state index in [-0.39, 0.29) is 23.2 Å². The molecule has 1 aromatic heterocycles. The zero-order valence-corrected chi connectivity index (χ0v) is 17.5. The predicted molar refractivity (Wildman–Crippen MR) is 108 cm³/mol. The number of carbonyl (C=O) groups excluding carboxylic acids is 1. The van der Waals surface area contributed by atoms with Gasteiger partial charge in [-0.25, -0.2) is 0 Å². The molecule has 0 radical (unpaired) electrons. The maximum absolute atomic E-state index is 13.0. The van der Waals surface area contributed by atoms with Crippen LogP contribution in [0.1, 0.15) is 41.9 Å². The summed E-state index contributed by atoms with van der Waals surface area (Å²) in [6, 6.07) is 5.34. The Balaban J connectivity index is 1.59. The van der Waals surface area contributed by atoms with Crippen molar-refractivity contribution < 1.29 is 22.7 Å². The van der Waals surface area contributed by atoms with E-state index in [9.17, 15) is 18.0 Å². The Morgan fingerprint density at radius 1 is 1.31 bits per heavy atom. The summed E-state index contributed by atoms with van der Waals surface area (Å²) in [5.41, 5.74) is 0.513. The predicted octanol–water partition coefficient (Wildman–Crippen LogP) is 4.75. The van der Waals surface area contributed by atoms with Crippen molar-refractivity contribution in [1.29, 1.82) is 0 Å². The molecular weight excluding hydrogens is 401 g/mol. The third-order valence-corrected chi connectivity index (χ3v) is 7.46. The van der Waals surface area contributed by atoms with E-state index < -0.39 is 12.8 Å². The van der Waals surface area contributed by atoms with Gasteiger partial charge in [0.25, 0.3) is 5.91 Å². The van der Waals surface area contributed by atoms with Crippen LogP contribution in [0.5, 0.6) is 5.75 Å².